The van der Waals surface area contributed by atoms with Crippen molar-refractivity contribution in [1.29, 1.82) is 0 Å². The molecule has 0 aliphatic rings. The zero-order valence-electron chi connectivity index (χ0n) is 18.9. The van der Waals surface area contributed by atoms with Crippen molar-refractivity contribution < 1.29 is 4.79 Å². The van der Waals surface area contributed by atoms with Crippen LogP contribution in [0.2, 0.25) is 5.02 Å². The van der Waals surface area contributed by atoms with E-state index in [1.54, 1.807) is 30.3 Å². The van der Waals surface area contributed by atoms with Crippen LogP contribution in [0.5, 0.6) is 0 Å². The molecule has 0 fully saturated rings. The van der Waals surface area contributed by atoms with E-state index in [1.165, 1.54) is 8.97 Å². The number of hydrogen-bond acceptors (Lipinski definition) is 4. The zero-order valence-corrected chi connectivity index (χ0v) is 19.7. The minimum absolute atomic E-state index is 0.179. The second-order valence-corrected chi connectivity index (χ2v) is 8.75. The molecule has 0 aliphatic carbocycles. The molecule has 0 saturated carbocycles. The third-order valence-corrected chi connectivity index (χ3v) is 6.24. The topological polar surface area (TPSA) is 90.4 Å². The van der Waals surface area contributed by atoms with Gasteiger partial charge in [0.25, 0.3) is 5.56 Å². The molecule has 5 aromatic rings. The van der Waals surface area contributed by atoms with Crippen molar-refractivity contribution in [3.05, 3.63) is 115 Å². The highest BCUT2D eigenvalue weighted by atomic mass is 35.5. The average Bonchev–Trinajstić information content (AvgIpc) is 3.18. The number of aryl methyl sites for hydroxylation is 1. The molecule has 0 atom stereocenters. The van der Waals surface area contributed by atoms with Crippen LogP contribution >= 0.6 is 11.6 Å². The highest BCUT2D eigenvalue weighted by Gasteiger charge is 2.19. The molecule has 1 amide bonds. The van der Waals surface area contributed by atoms with E-state index in [4.69, 9.17) is 11.6 Å². The molecule has 2 heterocycles. The zero-order chi connectivity index (χ0) is 24.5. The van der Waals surface area contributed by atoms with Crippen LogP contribution in [0.4, 0.5) is 0 Å². The molecule has 5 rings (SSSR count). The monoisotopic (exact) mass is 487 g/mol. The number of rotatable bonds is 6. The molecule has 9 heteroatoms. The van der Waals surface area contributed by atoms with Crippen molar-refractivity contribution in [1.82, 2.24) is 24.1 Å². The summed E-state index contributed by atoms with van der Waals surface area (Å²) in [6.45, 7) is 2.16. The van der Waals surface area contributed by atoms with Gasteiger partial charge in [-0.25, -0.2) is 13.9 Å². The van der Waals surface area contributed by atoms with Gasteiger partial charge in [-0.3, -0.25) is 14.2 Å². The van der Waals surface area contributed by atoms with Crippen molar-refractivity contribution in [3.8, 4) is 0 Å². The van der Waals surface area contributed by atoms with Crippen LogP contribution in [-0.4, -0.2) is 24.7 Å². The molecule has 0 aliphatic heterocycles. The van der Waals surface area contributed by atoms with Crippen LogP contribution in [0.15, 0.2) is 82.4 Å². The lowest BCUT2D eigenvalue weighted by Gasteiger charge is -2.10. The first-order valence-electron chi connectivity index (χ1n) is 11.1. The Hall–Kier alpha value is -4.17. The summed E-state index contributed by atoms with van der Waals surface area (Å²) in [5.74, 6) is -0.217. The summed E-state index contributed by atoms with van der Waals surface area (Å²) in [7, 11) is 0. The third-order valence-electron chi connectivity index (χ3n) is 5.87. The third kappa shape index (κ3) is 4.36. The quantitative estimate of drug-likeness (QED) is 0.398. The Bertz CT molecular complexity index is 1680. The number of hydrogen-bond donors (Lipinski definition) is 1. The van der Waals surface area contributed by atoms with E-state index in [-0.39, 0.29) is 31.0 Å². The molecule has 0 saturated heterocycles. The number of nitrogens with zero attached hydrogens (tertiary/aromatic N) is 4. The van der Waals surface area contributed by atoms with Gasteiger partial charge in [0, 0.05) is 11.6 Å². The predicted octanol–water partition coefficient (Wildman–Crippen LogP) is 3.14. The van der Waals surface area contributed by atoms with E-state index in [0.717, 1.165) is 21.4 Å². The van der Waals surface area contributed by atoms with E-state index in [2.05, 4.69) is 10.4 Å². The number of carbonyl (C=O) groups is 1. The summed E-state index contributed by atoms with van der Waals surface area (Å²) in [6, 6.07) is 21.9. The minimum Gasteiger partial charge on any atom is -0.350 e. The Kier molecular flexibility index (Phi) is 5.96. The highest BCUT2D eigenvalue weighted by molar-refractivity contribution is 6.31. The molecule has 0 spiro atoms. The highest BCUT2D eigenvalue weighted by Crippen LogP contribution is 2.15. The molecular weight excluding hydrogens is 466 g/mol. The molecule has 35 heavy (non-hydrogen) atoms. The van der Waals surface area contributed by atoms with E-state index in [9.17, 15) is 14.4 Å². The van der Waals surface area contributed by atoms with Gasteiger partial charge < -0.3 is 5.32 Å². The SMILES string of the molecule is Cc1ccc(Cn2c(=O)c3ccccc3n3c(=O)n(CC(=O)NCc4ccccc4Cl)nc23)cc1. The van der Waals surface area contributed by atoms with E-state index < -0.39 is 11.6 Å². The predicted molar refractivity (Wildman–Crippen MR) is 135 cm³/mol. The second-order valence-electron chi connectivity index (χ2n) is 8.34. The van der Waals surface area contributed by atoms with Crippen LogP contribution in [0.1, 0.15) is 16.7 Å². The molecule has 0 radical (unpaired) electrons. The first-order chi connectivity index (χ1) is 16.9. The molecule has 8 nitrogen and oxygen atoms in total. The smallest absolute Gasteiger partial charge is 0.350 e. The molecular formula is C26H22ClN5O3. The van der Waals surface area contributed by atoms with Gasteiger partial charge in [0.2, 0.25) is 11.7 Å². The van der Waals surface area contributed by atoms with Gasteiger partial charge in [-0.15, -0.1) is 5.10 Å². The van der Waals surface area contributed by atoms with Gasteiger partial charge in [-0.2, -0.15) is 0 Å². The number of amides is 1. The van der Waals surface area contributed by atoms with Crippen LogP contribution < -0.4 is 16.6 Å². The van der Waals surface area contributed by atoms with Crippen molar-refractivity contribution in [2.75, 3.05) is 0 Å². The maximum atomic E-state index is 13.4. The summed E-state index contributed by atoms with van der Waals surface area (Å²) in [5.41, 5.74) is 2.46. The molecule has 0 bridgehead atoms. The summed E-state index contributed by atoms with van der Waals surface area (Å²) in [5, 5.41) is 8.11. The average molecular weight is 488 g/mol. The van der Waals surface area contributed by atoms with Gasteiger partial charge in [0.1, 0.15) is 6.54 Å². The number of halogens is 1. The minimum atomic E-state index is -0.498. The fraction of sp³-hybridized carbons (Fsp3) is 0.154. The van der Waals surface area contributed by atoms with Crippen LogP contribution in [0, 0.1) is 6.92 Å². The Balaban J connectivity index is 1.54. The number of para-hydroxylation sites is 1. The van der Waals surface area contributed by atoms with Crippen LogP contribution in [0.25, 0.3) is 16.7 Å². The number of fused-ring (bicyclic) bond motifs is 3. The van der Waals surface area contributed by atoms with Crippen molar-refractivity contribution in [2.45, 2.75) is 26.6 Å². The summed E-state index contributed by atoms with van der Waals surface area (Å²) in [4.78, 5) is 39.3. The fourth-order valence-electron chi connectivity index (χ4n) is 4.02. The normalized spacial score (nSPS) is 11.3. The Morgan fingerprint density at radius 2 is 1.69 bits per heavy atom. The van der Waals surface area contributed by atoms with Crippen LogP contribution in [0.3, 0.4) is 0 Å². The summed E-state index contributed by atoms with van der Waals surface area (Å²) < 4.78 is 3.92. The van der Waals surface area contributed by atoms with Gasteiger partial charge in [0.15, 0.2) is 0 Å². The maximum absolute atomic E-state index is 13.4. The molecule has 2 aromatic heterocycles. The standard InChI is InChI=1S/C26H22ClN5O3/c1-17-10-12-18(13-11-17)15-30-24(34)20-7-3-5-9-22(20)32-25(30)29-31(26(32)35)16-23(33)28-14-19-6-2-4-8-21(19)27/h2-13H,14-16H2,1H3,(H,28,33). The van der Waals surface area contributed by atoms with Crippen molar-refractivity contribution >= 4 is 34.2 Å². The molecule has 176 valence electrons. The van der Waals surface area contributed by atoms with Gasteiger partial charge >= 0.3 is 5.69 Å². The van der Waals surface area contributed by atoms with Crippen molar-refractivity contribution in [2.24, 2.45) is 0 Å². The largest absolute Gasteiger partial charge is 0.352 e. The van der Waals surface area contributed by atoms with Gasteiger partial charge in [-0.1, -0.05) is 71.8 Å². The first kappa shape index (κ1) is 22.6. The molecule has 1 N–H and O–H groups in total. The maximum Gasteiger partial charge on any atom is 0.352 e. The number of aromatic nitrogens is 4. The number of benzene rings is 3. The van der Waals surface area contributed by atoms with Crippen LogP contribution in [-0.2, 0) is 24.4 Å². The lowest BCUT2D eigenvalue weighted by atomic mass is 10.1. The van der Waals surface area contributed by atoms with E-state index in [1.807, 2.05) is 49.4 Å². The summed E-state index contributed by atoms with van der Waals surface area (Å²) >= 11 is 6.15. The Morgan fingerprint density at radius 3 is 2.46 bits per heavy atom. The summed E-state index contributed by atoms with van der Waals surface area (Å²) in [6.07, 6.45) is 0. The van der Waals surface area contributed by atoms with E-state index >= 15 is 0 Å². The lowest BCUT2D eigenvalue weighted by Crippen LogP contribution is -2.32. The van der Waals surface area contributed by atoms with Crippen molar-refractivity contribution in [3.63, 3.8) is 0 Å². The number of carbonyl (C=O) groups excluding carboxylic acids is 1. The van der Waals surface area contributed by atoms with Gasteiger partial charge in [-0.05, 0) is 36.2 Å². The molecule has 0 unspecified atom stereocenters. The first-order valence-corrected chi connectivity index (χ1v) is 11.5. The Labute approximate surface area is 205 Å². The van der Waals surface area contributed by atoms with Gasteiger partial charge in [0.05, 0.1) is 17.4 Å². The number of nitrogens with one attached hydrogen (secondary N) is 1. The lowest BCUT2D eigenvalue weighted by molar-refractivity contribution is -0.122. The van der Waals surface area contributed by atoms with E-state index in [0.29, 0.717) is 15.9 Å². The Morgan fingerprint density at radius 1 is 0.971 bits per heavy atom. The molecule has 3 aromatic carbocycles. The fourth-order valence-corrected chi connectivity index (χ4v) is 4.22. The second kappa shape index (κ2) is 9.23.